The van der Waals surface area contributed by atoms with Gasteiger partial charge in [0, 0.05) is 25.7 Å². The van der Waals surface area contributed by atoms with Crippen LogP contribution in [0.5, 0.6) is 0 Å². The van der Waals surface area contributed by atoms with Crippen molar-refractivity contribution in [2.24, 2.45) is 5.73 Å². The molecule has 8 heteroatoms. The number of carbonyl (C=O) groups excluding carboxylic acids is 1. The van der Waals surface area contributed by atoms with Gasteiger partial charge in [-0.1, -0.05) is 0 Å². The fraction of sp³-hybridized carbons (Fsp3) is 0.182. The van der Waals surface area contributed by atoms with E-state index in [1.54, 1.807) is 6.07 Å². The number of ether oxygens (including phenoxy) is 1. The molecule has 1 unspecified atom stereocenters. The van der Waals surface area contributed by atoms with E-state index in [1.165, 1.54) is 38.4 Å². The minimum absolute atomic E-state index is 0.378. The van der Waals surface area contributed by atoms with Crippen LogP contribution in [0.4, 0.5) is 5.82 Å². The van der Waals surface area contributed by atoms with E-state index < -0.39 is 11.6 Å². The number of anilines is 1. The summed E-state index contributed by atoms with van der Waals surface area (Å²) in [5, 5.41) is 2.83. The maximum absolute atomic E-state index is 11.8. The summed E-state index contributed by atoms with van der Waals surface area (Å²) in [4.78, 5) is 27.2. The highest BCUT2D eigenvalue weighted by atomic mass is 16.5. The normalized spacial score (nSPS) is 13.5. The number of nitrogens with zero attached hydrogens (tertiary/aromatic N) is 4. The van der Waals surface area contributed by atoms with Crippen LogP contribution in [0.1, 0.15) is 5.56 Å². The van der Waals surface area contributed by atoms with Crippen molar-refractivity contribution >= 4 is 11.7 Å². The topological polar surface area (TPSA) is 116 Å². The number of amides is 1. The number of carbonyl (C=O) groups is 1. The van der Waals surface area contributed by atoms with Gasteiger partial charge in [0.15, 0.2) is 0 Å². The second-order valence-electron chi connectivity index (χ2n) is 3.60. The molecule has 0 aliphatic heterocycles. The van der Waals surface area contributed by atoms with Gasteiger partial charge in [0.25, 0.3) is 5.91 Å². The molecule has 19 heavy (non-hydrogen) atoms. The van der Waals surface area contributed by atoms with Crippen LogP contribution in [0.2, 0.25) is 0 Å². The zero-order valence-electron chi connectivity index (χ0n) is 10.1. The molecular formula is C11H12N6O2. The largest absolute Gasteiger partial charge is 0.365 e. The molecule has 0 saturated heterocycles. The Labute approximate surface area is 109 Å². The number of nitrogens with two attached hydrogens (primary N) is 1. The summed E-state index contributed by atoms with van der Waals surface area (Å²) in [6.07, 6.45) is 7.09. The first kappa shape index (κ1) is 12.8. The Kier molecular flexibility index (Phi) is 3.62. The first-order valence-electron chi connectivity index (χ1n) is 5.34. The van der Waals surface area contributed by atoms with Crippen molar-refractivity contribution in [3.63, 3.8) is 0 Å². The molecule has 2 rings (SSSR count). The number of hydrogen-bond acceptors (Lipinski definition) is 7. The van der Waals surface area contributed by atoms with Crippen LogP contribution in [-0.4, -0.2) is 33.0 Å². The summed E-state index contributed by atoms with van der Waals surface area (Å²) < 4.78 is 5.26. The average Bonchev–Trinajstić information content (AvgIpc) is 2.46. The van der Waals surface area contributed by atoms with E-state index in [9.17, 15) is 4.79 Å². The summed E-state index contributed by atoms with van der Waals surface area (Å²) in [7, 11) is 1.35. The smallest absolute Gasteiger partial charge is 0.275 e. The van der Waals surface area contributed by atoms with E-state index in [0.717, 1.165) is 0 Å². The molecule has 0 aromatic carbocycles. The molecule has 0 fully saturated rings. The van der Waals surface area contributed by atoms with Crippen LogP contribution in [0.15, 0.2) is 37.3 Å². The highest BCUT2D eigenvalue weighted by molar-refractivity contribution is 5.87. The molecule has 0 saturated carbocycles. The van der Waals surface area contributed by atoms with Crippen LogP contribution >= 0.6 is 0 Å². The average molecular weight is 260 g/mol. The third-order valence-corrected chi connectivity index (χ3v) is 2.51. The molecule has 2 aromatic rings. The lowest BCUT2D eigenvalue weighted by molar-refractivity contribution is -0.137. The summed E-state index contributed by atoms with van der Waals surface area (Å²) >= 11 is 0. The van der Waals surface area contributed by atoms with Gasteiger partial charge in [-0.3, -0.25) is 4.79 Å². The van der Waals surface area contributed by atoms with Gasteiger partial charge in [-0.2, -0.15) is 0 Å². The van der Waals surface area contributed by atoms with Gasteiger partial charge < -0.3 is 15.8 Å². The third kappa shape index (κ3) is 2.47. The molecule has 8 nitrogen and oxygen atoms in total. The van der Waals surface area contributed by atoms with E-state index in [4.69, 9.17) is 10.5 Å². The van der Waals surface area contributed by atoms with E-state index >= 15 is 0 Å². The highest BCUT2D eigenvalue weighted by Crippen LogP contribution is 2.25. The Bertz CT molecular complexity index is 550. The van der Waals surface area contributed by atoms with Gasteiger partial charge in [-0.15, -0.1) is 0 Å². The standard InChI is InChI=1S/C11H12N6O2/c1-19-11(10(12)18,8-4-14-6-15-5-8)17-9-2-3-13-7-16-9/h2-7H,1H3,(H2,12,18)(H,13,16,17). The SMILES string of the molecule is COC(Nc1ccncn1)(C(N)=O)c1cncnc1. The first-order chi connectivity index (χ1) is 9.19. The van der Waals surface area contributed by atoms with Crippen LogP contribution in [0, 0.1) is 0 Å². The maximum Gasteiger partial charge on any atom is 0.275 e. The van der Waals surface area contributed by atoms with Gasteiger partial charge in [-0.05, 0) is 6.07 Å². The lowest BCUT2D eigenvalue weighted by Crippen LogP contribution is -2.49. The molecule has 0 spiro atoms. The van der Waals surface area contributed by atoms with Crippen molar-refractivity contribution in [2.45, 2.75) is 5.72 Å². The second-order valence-corrected chi connectivity index (χ2v) is 3.60. The molecular weight excluding hydrogens is 248 g/mol. The van der Waals surface area contributed by atoms with Crippen molar-refractivity contribution in [3.8, 4) is 0 Å². The minimum atomic E-state index is -1.59. The van der Waals surface area contributed by atoms with Crippen LogP contribution in [-0.2, 0) is 15.3 Å². The summed E-state index contributed by atoms with van der Waals surface area (Å²) in [6, 6.07) is 1.58. The lowest BCUT2D eigenvalue weighted by atomic mass is 10.1. The predicted molar refractivity (Wildman–Crippen MR) is 65.6 cm³/mol. The Morgan fingerprint density at radius 1 is 1.32 bits per heavy atom. The number of nitrogens with one attached hydrogen (secondary N) is 1. The Morgan fingerprint density at radius 2 is 2.05 bits per heavy atom. The fourth-order valence-electron chi connectivity index (χ4n) is 1.57. The molecule has 1 atom stereocenters. The minimum Gasteiger partial charge on any atom is -0.365 e. The van der Waals surface area contributed by atoms with Crippen LogP contribution in [0.25, 0.3) is 0 Å². The zero-order valence-corrected chi connectivity index (χ0v) is 10.1. The molecule has 0 bridgehead atoms. The Balaban J connectivity index is 2.44. The molecule has 0 aliphatic carbocycles. The maximum atomic E-state index is 11.8. The number of aromatic nitrogens is 4. The van der Waals surface area contributed by atoms with Crippen molar-refractivity contribution in [3.05, 3.63) is 42.9 Å². The quantitative estimate of drug-likeness (QED) is 0.706. The van der Waals surface area contributed by atoms with Crippen LogP contribution in [0.3, 0.4) is 0 Å². The highest BCUT2D eigenvalue weighted by Gasteiger charge is 2.40. The molecule has 0 radical (unpaired) electrons. The van der Waals surface area contributed by atoms with Crippen molar-refractivity contribution < 1.29 is 9.53 Å². The fourth-order valence-corrected chi connectivity index (χ4v) is 1.57. The van der Waals surface area contributed by atoms with Gasteiger partial charge in [-0.25, -0.2) is 19.9 Å². The van der Waals surface area contributed by atoms with E-state index in [0.29, 0.717) is 11.4 Å². The number of methoxy groups -OCH3 is 1. The summed E-state index contributed by atoms with van der Waals surface area (Å²) in [5.74, 6) is -0.345. The lowest BCUT2D eigenvalue weighted by Gasteiger charge is -2.30. The van der Waals surface area contributed by atoms with Gasteiger partial charge in [0.2, 0.25) is 5.72 Å². The predicted octanol–water partition coefficient (Wildman–Crippen LogP) is -0.337. The number of primary amides is 1. The molecule has 3 N–H and O–H groups in total. The molecule has 1 amide bonds. The Hall–Kier alpha value is -2.61. The second kappa shape index (κ2) is 5.36. The molecule has 2 aromatic heterocycles. The third-order valence-electron chi connectivity index (χ3n) is 2.51. The van der Waals surface area contributed by atoms with Crippen molar-refractivity contribution in [1.29, 1.82) is 0 Å². The van der Waals surface area contributed by atoms with Gasteiger partial charge >= 0.3 is 0 Å². The van der Waals surface area contributed by atoms with Crippen molar-refractivity contribution in [2.75, 3.05) is 12.4 Å². The van der Waals surface area contributed by atoms with Gasteiger partial charge in [0.1, 0.15) is 18.5 Å². The Morgan fingerprint density at radius 3 is 2.58 bits per heavy atom. The molecule has 2 heterocycles. The first-order valence-corrected chi connectivity index (χ1v) is 5.34. The van der Waals surface area contributed by atoms with Crippen LogP contribution < -0.4 is 11.1 Å². The summed E-state index contributed by atoms with van der Waals surface area (Å²) in [6.45, 7) is 0. The number of hydrogen-bond donors (Lipinski definition) is 2. The summed E-state index contributed by atoms with van der Waals surface area (Å²) in [5.41, 5.74) is 4.23. The zero-order chi connectivity index (χ0) is 13.7. The monoisotopic (exact) mass is 260 g/mol. The van der Waals surface area contributed by atoms with E-state index in [1.807, 2.05) is 0 Å². The van der Waals surface area contributed by atoms with E-state index in [2.05, 4.69) is 25.3 Å². The van der Waals surface area contributed by atoms with Crippen molar-refractivity contribution in [1.82, 2.24) is 19.9 Å². The van der Waals surface area contributed by atoms with E-state index in [-0.39, 0.29) is 0 Å². The van der Waals surface area contributed by atoms with Gasteiger partial charge in [0.05, 0.1) is 5.56 Å². The molecule has 98 valence electrons. The molecule has 0 aliphatic rings. The number of rotatable bonds is 5.